The van der Waals surface area contributed by atoms with Gasteiger partial charge >= 0.3 is 0 Å². The van der Waals surface area contributed by atoms with Crippen molar-refractivity contribution in [2.75, 3.05) is 53.4 Å². The van der Waals surface area contributed by atoms with Crippen molar-refractivity contribution in [3.05, 3.63) is 0 Å². The van der Waals surface area contributed by atoms with Gasteiger partial charge in [-0.05, 0) is 6.42 Å². The molecule has 0 aliphatic carbocycles. The van der Waals surface area contributed by atoms with Crippen LogP contribution in [0.3, 0.4) is 0 Å². The highest BCUT2D eigenvalue weighted by atomic mass is 17.2. The molecule has 16 heteroatoms. The molecule has 234 valence electrons. The summed E-state index contributed by atoms with van der Waals surface area (Å²) in [5, 5.41) is 44.5. The molecule has 16 nitrogen and oxygen atoms in total. The van der Waals surface area contributed by atoms with Gasteiger partial charge in [0, 0.05) is 21.0 Å². The number of ether oxygens (including phenoxy) is 6. The summed E-state index contributed by atoms with van der Waals surface area (Å²) in [7, 11) is 1.51. The van der Waals surface area contributed by atoms with E-state index in [-0.39, 0.29) is 39.6 Å². The quantitative estimate of drug-likeness (QED) is 0.0489. The third-order valence-electron chi connectivity index (χ3n) is 6.25. The molecule has 40 heavy (non-hydrogen) atoms. The summed E-state index contributed by atoms with van der Waals surface area (Å²) in [5.41, 5.74) is 0. The van der Waals surface area contributed by atoms with Gasteiger partial charge in [-0.1, -0.05) is 6.92 Å². The van der Waals surface area contributed by atoms with E-state index in [0.717, 1.165) is 0 Å². The lowest BCUT2D eigenvalue weighted by atomic mass is 9.95. The fraction of sp³-hybridized carbons (Fsp3) is 0.917. The Bertz CT molecular complexity index is 748. The maximum atomic E-state index is 11.9. The normalized spacial score (nSPS) is 34.4. The van der Waals surface area contributed by atoms with E-state index in [2.05, 4.69) is 10.6 Å². The number of methoxy groups -OCH3 is 1. The first kappa shape index (κ1) is 34.7. The third-order valence-corrected chi connectivity index (χ3v) is 6.25. The van der Waals surface area contributed by atoms with Gasteiger partial charge in [-0.15, -0.1) is 0 Å². The van der Waals surface area contributed by atoms with Crippen LogP contribution in [0.5, 0.6) is 0 Å². The summed E-state index contributed by atoms with van der Waals surface area (Å²) >= 11 is 0. The molecule has 0 aromatic heterocycles. The highest BCUT2D eigenvalue weighted by Crippen LogP contribution is 2.28. The minimum atomic E-state index is -1.50. The average molecular weight is 586 g/mol. The molecule has 0 saturated carbocycles. The molecule has 10 unspecified atom stereocenters. The van der Waals surface area contributed by atoms with E-state index >= 15 is 0 Å². The van der Waals surface area contributed by atoms with Crippen molar-refractivity contribution in [1.82, 2.24) is 10.6 Å². The second kappa shape index (κ2) is 18.1. The van der Waals surface area contributed by atoms with Crippen LogP contribution < -0.4 is 10.6 Å². The Balaban J connectivity index is 2.08. The minimum Gasteiger partial charge on any atom is -0.444 e. The second-order valence-corrected chi connectivity index (χ2v) is 9.36. The van der Waals surface area contributed by atoms with Crippen LogP contribution in [0.15, 0.2) is 0 Å². The number of carbonyl (C=O) groups is 2. The number of rotatable bonds is 17. The van der Waals surface area contributed by atoms with Gasteiger partial charge in [0.15, 0.2) is 19.2 Å². The van der Waals surface area contributed by atoms with Gasteiger partial charge in [-0.3, -0.25) is 9.59 Å². The van der Waals surface area contributed by atoms with Gasteiger partial charge in [-0.25, -0.2) is 9.78 Å². The lowest BCUT2D eigenvalue weighted by Crippen LogP contribution is -2.65. The van der Waals surface area contributed by atoms with E-state index in [1.807, 2.05) is 0 Å². The standard InChI is InChI=1S/C24H44N2O14/c1-5-15-20(31)22(18(26-14(3)29)24(38-15)35-10-8-33-4)40-37-12-16-19(30)21(32)17(25-13(2)28)23(39-16)36-11-9-34-7-6-27/h15-24,27,30-32H,5-12H2,1-4H3,(H,25,28)(H,26,29)/p+1. The molecule has 2 amide bonds. The third kappa shape index (κ3) is 10.4. The first-order valence-electron chi connectivity index (χ1n) is 13.3. The number of aliphatic hydroxyl groups excluding tert-OH is 3. The fourth-order valence-corrected chi connectivity index (χ4v) is 4.33. The zero-order valence-electron chi connectivity index (χ0n) is 23.4. The van der Waals surface area contributed by atoms with Gasteiger partial charge in [0.1, 0.15) is 55.8 Å². The molecule has 2 aliphatic rings. The monoisotopic (exact) mass is 585 g/mol. The van der Waals surface area contributed by atoms with E-state index in [1.54, 1.807) is 6.92 Å². The summed E-state index contributed by atoms with van der Waals surface area (Å²) in [6, 6.07) is -2.04. The molecule has 2 rings (SSSR count). The number of aliphatic hydroxyl groups is 3. The molecule has 0 spiro atoms. The maximum Gasteiger partial charge on any atom is 0.217 e. The predicted molar refractivity (Wildman–Crippen MR) is 135 cm³/mol. The Morgan fingerprint density at radius 1 is 0.825 bits per heavy atom. The van der Waals surface area contributed by atoms with Gasteiger partial charge in [0.05, 0.1) is 32.5 Å². The molecule has 0 radical (unpaired) electrons. The number of hydrogen-bond donors (Lipinski definition) is 5. The van der Waals surface area contributed by atoms with Gasteiger partial charge in [0.2, 0.25) is 11.8 Å². The van der Waals surface area contributed by atoms with Crippen LogP contribution in [0.2, 0.25) is 0 Å². The van der Waals surface area contributed by atoms with Crippen LogP contribution in [0.1, 0.15) is 27.2 Å². The van der Waals surface area contributed by atoms with E-state index < -0.39 is 79.7 Å². The lowest BCUT2D eigenvalue weighted by Gasteiger charge is -2.44. The van der Waals surface area contributed by atoms with Crippen LogP contribution in [0, 0.1) is 0 Å². The van der Waals surface area contributed by atoms with Gasteiger partial charge in [-0.2, -0.15) is 0 Å². The van der Waals surface area contributed by atoms with Crippen LogP contribution in [-0.4, -0.2) is 147 Å². The largest absolute Gasteiger partial charge is 0.444 e. The average Bonchev–Trinajstić information content (AvgIpc) is 2.91. The summed E-state index contributed by atoms with van der Waals surface area (Å²) in [6.07, 6.45) is -8.92. The zero-order chi connectivity index (χ0) is 29.7. The van der Waals surface area contributed by atoms with Crippen molar-refractivity contribution in [2.45, 2.75) is 88.5 Å². The Kier molecular flexibility index (Phi) is 15.7. The smallest absolute Gasteiger partial charge is 0.217 e. The molecular weight excluding hydrogens is 540 g/mol. The fourth-order valence-electron chi connectivity index (χ4n) is 4.33. The Labute approximate surface area is 233 Å². The van der Waals surface area contributed by atoms with E-state index in [4.69, 9.17) is 43.3 Å². The highest BCUT2D eigenvalue weighted by Gasteiger charge is 2.49. The number of nitrogens with one attached hydrogen (secondary N) is 2. The lowest BCUT2D eigenvalue weighted by molar-refractivity contribution is -0.393. The summed E-state index contributed by atoms with van der Waals surface area (Å²) in [5.74, 6) is -0.892. The molecule has 10 atom stereocenters. The van der Waals surface area contributed by atoms with Crippen LogP contribution in [-0.2, 0) is 47.8 Å². The number of carbonyl (C=O) groups excluding carboxylic acids is 2. The van der Waals surface area contributed by atoms with Crippen LogP contribution >= 0.6 is 0 Å². The van der Waals surface area contributed by atoms with Crippen molar-refractivity contribution in [2.24, 2.45) is 0 Å². The SMILES string of the molecule is CCC1OC(OCCOC)C(NC(C)=O)C(OOCC2OC(OCCOCC[OH2+])C(NC(C)=O)C(O)C2O)C1O. The first-order valence-corrected chi connectivity index (χ1v) is 13.3. The molecule has 0 bridgehead atoms. The van der Waals surface area contributed by atoms with Crippen LogP contribution in [0.4, 0.5) is 0 Å². The van der Waals surface area contributed by atoms with Crippen molar-refractivity contribution in [3.63, 3.8) is 0 Å². The second-order valence-electron chi connectivity index (χ2n) is 9.36. The summed E-state index contributed by atoms with van der Waals surface area (Å²) in [6.45, 7) is 4.83. The van der Waals surface area contributed by atoms with Crippen molar-refractivity contribution >= 4 is 11.8 Å². The predicted octanol–water partition coefficient (Wildman–Crippen LogP) is -3.32. The van der Waals surface area contributed by atoms with Crippen molar-refractivity contribution in [1.29, 1.82) is 0 Å². The number of hydrogen-bond acceptors (Lipinski definition) is 13. The molecule has 0 aromatic rings. The zero-order valence-corrected chi connectivity index (χ0v) is 23.4. The van der Waals surface area contributed by atoms with Gasteiger partial charge < -0.3 is 59.5 Å². The topological polar surface area (TPSA) is 216 Å². The Hall–Kier alpha value is -1.54. The van der Waals surface area contributed by atoms with Crippen molar-refractivity contribution in [3.8, 4) is 0 Å². The molecule has 7 N–H and O–H groups in total. The van der Waals surface area contributed by atoms with Crippen molar-refractivity contribution < 1.29 is 68.2 Å². The minimum absolute atomic E-state index is 0.0309. The highest BCUT2D eigenvalue weighted by molar-refractivity contribution is 5.73. The van der Waals surface area contributed by atoms with Gasteiger partial charge in [0.25, 0.3) is 0 Å². The Morgan fingerprint density at radius 3 is 2.02 bits per heavy atom. The molecule has 2 saturated heterocycles. The summed E-state index contributed by atoms with van der Waals surface area (Å²) < 4.78 is 33.2. The molecule has 2 heterocycles. The maximum absolute atomic E-state index is 11.9. The molecule has 0 aromatic carbocycles. The van der Waals surface area contributed by atoms with Crippen LogP contribution in [0.25, 0.3) is 0 Å². The van der Waals surface area contributed by atoms with E-state index in [9.17, 15) is 24.9 Å². The number of amides is 2. The molecule has 2 aliphatic heterocycles. The summed E-state index contributed by atoms with van der Waals surface area (Å²) in [4.78, 5) is 34.5. The molecule has 2 fully saturated rings. The van der Waals surface area contributed by atoms with E-state index in [0.29, 0.717) is 6.42 Å². The Morgan fingerprint density at radius 2 is 1.43 bits per heavy atom. The van der Waals surface area contributed by atoms with E-state index in [1.165, 1.54) is 21.0 Å². The first-order chi connectivity index (χ1) is 19.1. The molecular formula is C24H45N2O14+.